The zero-order valence-corrected chi connectivity index (χ0v) is 20.8. The molecule has 1 saturated heterocycles. The number of carbonyl (C=O) groups is 2. The molecule has 2 saturated carbocycles. The third-order valence-corrected chi connectivity index (χ3v) is 7.55. The summed E-state index contributed by atoms with van der Waals surface area (Å²) in [6, 6.07) is 8.99. The van der Waals surface area contributed by atoms with Gasteiger partial charge in [0.15, 0.2) is 5.78 Å². The van der Waals surface area contributed by atoms with Gasteiger partial charge in [0.1, 0.15) is 6.10 Å². The van der Waals surface area contributed by atoms with Gasteiger partial charge in [-0.15, -0.1) is 11.8 Å². The molecule has 1 spiro atoms. The largest absolute Gasteiger partial charge is 0.458 e. The van der Waals surface area contributed by atoms with E-state index in [2.05, 4.69) is 34.3 Å². The molecular weight excluding hydrogens is 484 g/mol. The van der Waals surface area contributed by atoms with Crippen LogP contribution in [0.3, 0.4) is 0 Å². The molecule has 3 fully saturated rings. The number of carbonyl (C=O) groups excluding carboxylic acids is 2. The minimum absolute atomic E-state index is 0.0148. The lowest BCUT2D eigenvalue weighted by atomic mass is 9.83. The number of hydrogen-bond donors (Lipinski definition) is 0. The molecular formula is C27H29BrO5. The topological polar surface area (TPSA) is 61.8 Å². The van der Waals surface area contributed by atoms with Crippen LogP contribution in [0, 0.1) is 35.0 Å². The van der Waals surface area contributed by atoms with Crippen molar-refractivity contribution in [3.05, 3.63) is 59.0 Å². The van der Waals surface area contributed by atoms with E-state index in [1.54, 1.807) is 19.1 Å². The van der Waals surface area contributed by atoms with Crippen LogP contribution in [0.15, 0.2) is 53.4 Å². The van der Waals surface area contributed by atoms with Crippen LogP contribution in [0.4, 0.5) is 0 Å². The molecule has 0 bridgehead atoms. The minimum atomic E-state index is -0.626. The average molecular weight is 513 g/mol. The summed E-state index contributed by atoms with van der Waals surface area (Å²) in [6.07, 6.45) is 4.18. The number of fused-ring (bicyclic) bond motifs is 1. The molecule has 174 valence electrons. The van der Waals surface area contributed by atoms with Crippen molar-refractivity contribution in [1.29, 1.82) is 0 Å². The summed E-state index contributed by atoms with van der Waals surface area (Å²) in [5, 5.41) is 0. The van der Waals surface area contributed by atoms with Gasteiger partial charge in [0.05, 0.1) is 10.0 Å². The maximum Gasteiger partial charge on any atom is 0.338 e. The van der Waals surface area contributed by atoms with Gasteiger partial charge in [-0.05, 0) is 59.8 Å². The third kappa shape index (κ3) is 4.75. The van der Waals surface area contributed by atoms with E-state index in [0.717, 1.165) is 6.42 Å². The first-order chi connectivity index (χ1) is 15.6. The van der Waals surface area contributed by atoms with Crippen LogP contribution in [-0.4, -0.2) is 23.6 Å². The van der Waals surface area contributed by atoms with E-state index in [1.807, 2.05) is 38.1 Å². The molecule has 4 rings (SSSR count). The van der Waals surface area contributed by atoms with Gasteiger partial charge < -0.3 is 14.2 Å². The number of ether oxygens (including phenoxy) is 3. The number of esters is 1. The Bertz CT molecular complexity index is 1040. The Kier molecular flexibility index (Phi) is 6.46. The summed E-state index contributed by atoms with van der Waals surface area (Å²) in [4.78, 5) is 26.0. The van der Waals surface area contributed by atoms with Crippen molar-refractivity contribution >= 4 is 27.7 Å². The summed E-state index contributed by atoms with van der Waals surface area (Å²) in [5.74, 6) is 5.54. The summed E-state index contributed by atoms with van der Waals surface area (Å²) in [7, 11) is 0. The van der Waals surface area contributed by atoms with Gasteiger partial charge in [-0.1, -0.05) is 38.1 Å². The van der Waals surface area contributed by atoms with E-state index in [1.165, 1.54) is 0 Å². The van der Waals surface area contributed by atoms with Gasteiger partial charge >= 0.3 is 5.97 Å². The lowest BCUT2D eigenvalue weighted by Crippen LogP contribution is -2.43. The van der Waals surface area contributed by atoms with Crippen LogP contribution in [0.5, 0.6) is 0 Å². The third-order valence-electron chi connectivity index (χ3n) is 6.93. The normalized spacial score (nSPS) is 27.5. The summed E-state index contributed by atoms with van der Waals surface area (Å²) in [5.41, 5.74) is -0.105. The highest BCUT2D eigenvalue weighted by Crippen LogP contribution is 2.58. The molecule has 6 heteroatoms. The standard InChI is InChI=1S/C27H29BrO5/c1-5-6-12-26(3,4)24(29)22(28)14-20-21-16-27(32-17(2)33-27)15-19(21)13-23(20)31-25(30)18-10-8-7-9-11-18/h7-11,14,19-21,23H,2,12-13,15-16H2,1,3-4H3/b22-14-/t19-,20-,21+,23-/m1/s1. The zero-order valence-electron chi connectivity index (χ0n) is 19.2. The molecule has 33 heavy (non-hydrogen) atoms. The van der Waals surface area contributed by atoms with Crippen molar-refractivity contribution in [1.82, 2.24) is 0 Å². The van der Waals surface area contributed by atoms with Crippen molar-refractivity contribution in [2.75, 3.05) is 0 Å². The predicted molar refractivity (Wildman–Crippen MR) is 128 cm³/mol. The smallest absolute Gasteiger partial charge is 0.338 e. The Morgan fingerprint density at radius 3 is 2.61 bits per heavy atom. The van der Waals surface area contributed by atoms with Crippen LogP contribution in [0.1, 0.15) is 56.8 Å². The van der Waals surface area contributed by atoms with Crippen LogP contribution < -0.4 is 0 Å². The number of ketones is 1. The number of allylic oxidation sites excluding steroid dienone is 1. The second-order valence-corrected chi connectivity index (χ2v) is 10.6. The molecule has 2 aliphatic carbocycles. The van der Waals surface area contributed by atoms with Crippen molar-refractivity contribution < 1.29 is 23.8 Å². The van der Waals surface area contributed by atoms with Gasteiger partial charge in [0.25, 0.3) is 11.7 Å². The SMILES string of the molecule is C=C1OC2(C[C@H]3C[C@@H](OC(=O)c4ccccc4)[C@H](/C=C(\Br)C(=O)C(C)(C)CC#CC)[C@H]3C2)O1. The first-order valence-corrected chi connectivity index (χ1v) is 12.1. The molecule has 1 heterocycles. The van der Waals surface area contributed by atoms with E-state index >= 15 is 0 Å². The van der Waals surface area contributed by atoms with E-state index in [4.69, 9.17) is 14.2 Å². The Morgan fingerprint density at radius 1 is 1.27 bits per heavy atom. The first kappa shape index (κ1) is 23.6. The van der Waals surface area contributed by atoms with Crippen molar-refractivity contribution in [2.24, 2.45) is 23.2 Å². The monoisotopic (exact) mass is 512 g/mol. The first-order valence-electron chi connectivity index (χ1n) is 11.3. The van der Waals surface area contributed by atoms with E-state index in [9.17, 15) is 9.59 Å². The fourth-order valence-corrected chi connectivity index (χ4v) is 6.13. The number of benzene rings is 1. The van der Waals surface area contributed by atoms with Crippen LogP contribution in [-0.2, 0) is 19.0 Å². The van der Waals surface area contributed by atoms with Gasteiger partial charge in [0, 0.05) is 30.6 Å². The maximum atomic E-state index is 13.2. The maximum absolute atomic E-state index is 13.2. The Morgan fingerprint density at radius 2 is 1.97 bits per heavy atom. The molecule has 1 aromatic carbocycles. The Balaban J connectivity index is 1.57. The number of Topliss-reactive ketones (excluding diaryl/α,β-unsaturated/α-hetero) is 1. The average Bonchev–Trinajstić information content (AvgIpc) is 3.27. The fourth-order valence-electron chi connectivity index (χ4n) is 5.28. The molecule has 1 aromatic rings. The van der Waals surface area contributed by atoms with Crippen molar-refractivity contribution in [2.45, 2.75) is 58.3 Å². The zero-order chi connectivity index (χ0) is 23.8. The molecule has 0 radical (unpaired) electrons. The lowest BCUT2D eigenvalue weighted by Gasteiger charge is -2.41. The number of hydrogen-bond acceptors (Lipinski definition) is 5. The molecule has 0 unspecified atom stereocenters. The molecule has 0 aromatic heterocycles. The Labute approximate surface area is 203 Å². The molecule has 5 nitrogen and oxygen atoms in total. The second-order valence-electron chi connectivity index (χ2n) is 9.77. The van der Waals surface area contributed by atoms with E-state index in [0.29, 0.717) is 35.3 Å². The quantitative estimate of drug-likeness (QED) is 0.275. The predicted octanol–water partition coefficient (Wildman–Crippen LogP) is 5.76. The summed E-state index contributed by atoms with van der Waals surface area (Å²) < 4.78 is 18.0. The fraction of sp³-hybridized carbons (Fsp3) is 0.481. The van der Waals surface area contributed by atoms with E-state index in [-0.39, 0.29) is 35.6 Å². The van der Waals surface area contributed by atoms with Crippen molar-refractivity contribution in [3.8, 4) is 11.8 Å². The van der Waals surface area contributed by atoms with Gasteiger partial charge in [-0.3, -0.25) is 4.79 Å². The van der Waals surface area contributed by atoms with Crippen LogP contribution >= 0.6 is 15.9 Å². The van der Waals surface area contributed by atoms with Crippen molar-refractivity contribution in [3.63, 3.8) is 0 Å². The highest BCUT2D eigenvalue weighted by molar-refractivity contribution is 9.12. The highest BCUT2D eigenvalue weighted by Gasteiger charge is 2.61. The molecule has 4 atom stereocenters. The van der Waals surface area contributed by atoms with Crippen LogP contribution in [0.2, 0.25) is 0 Å². The molecule has 3 aliphatic rings. The van der Waals surface area contributed by atoms with E-state index < -0.39 is 11.2 Å². The summed E-state index contributed by atoms with van der Waals surface area (Å²) >= 11 is 3.53. The Hall–Kier alpha value is -2.52. The summed E-state index contributed by atoms with van der Waals surface area (Å²) in [6.45, 7) is 9.27. The molecule has 0 N–H and O–H groups in total. The van der Waals surface area contributed by atoms with Gasteiger partial charge in [-0.25, -0.2) is 4.79 Å². The number of halogens is 1. The van der Waals surface area contributed by atoms with Gasteiger partial charge in [-0.2, -0.15) is 0 Å². The minimum Gasteiger partial charge on any atom is -0.458 e. The molecule has 1 aliphatic heterocycles. The van der Waals surface area contributed by atoms with Gasteiger partial charge in [0.2, 0.25) is 0 Å². The second kappa shape index (κ2) is 9.02. The number of rotatable bonds is 6. The van der Waals surface area contributed by atoms with Crippen LogP contribution in [0.25, 0.3) is 0 Å². The highest BCUT2D eigenvalue weighted by atomic mass is 79.9. The lowest BCUT2D eigenvalue weighted by molar-refractivity contribution is -0.332. The molecule has 0 amide bonds.